The number of aromatic amines is 1. The van der Waals surface area contributed by atoms with Crippen LogP contribution in [0, 0.1) is 0 Å². The molecule has 0 aliphatic heterocycles. The van der Waals surface area contributed by atoms with Gasteiger partial charge in [-0.3, -0.25) is 4.68 Å². The molecule has 132 valence electrons. The van der Waals surface area contributed by atoms with Crippen LogP contribution in [0.15, 0.2) is 47.8 Å². The van der Waals surface area contributed by atoms with E-state index in [1.165, 1.54) is 12.1 Å². The molecular weight excluding hydrogens is 354 g/mol. The first-order chi connectivity index (χ1) is 12.3. The van der Waals surface area contributed by atoms with Gasteiger partial charge in [0, 0.05) is 30.6 Å². The number of sulfonamides is 1. The Hall–Kier alpha value is -3.24. The molecule has 1 aromatic carbocycles. The fourth-order valence-electron chi connectivity index (χ4n) is 2.68. The molecule has 0 amide bonds. The summed E-state index contributed by atoms with van der Waals surface area (Å²) < 4.78 is 24.7. The van der Waals surface area contributed by atoms with E-state index in [9.17, 15) is 8.42 Å². The maximum absolute atomic E-state index is 11.5. The van der Waals surface area contributed by atoms with Crippen molar-refractivity contribution in [1.29, 1.82) is 0 Å². The molecule has 0 saturated carbocycles. The van der Waals surface area contributed by atoms with Crippen LogP contribution in [0.25, 0.3) is 33.5 Å². The fraction of sp³-hybridized carbons (Fsp3) is 0.0625. The number of pyridine rings is 1. The molecule has 0 aliphatic rings. The average Bonchev–Trinajstić information content (AvgIpc) is 3.19. The summed E-state index contributed by atoms with van der Waals surface area (Å²) in [5, 5.41) is 9.32. The van der Waals surface area contributed by atoms with E-state index in [0.717, 1.165) is 11.1 Å². The number of anilines is 1. The molecule has 0 unspecified atom stereocenters. The van der Waals surface area contributed by atoms with Crippen LogP contribution in [0.5, 0.6) is 0 Å². The predicted molar refractivity (Wildman–Crippen MR) is 97.3 cm³/mol. The minimum absolute atomic E-state index is 0.00161. The zero-order chi connectivity index (χ0) is 18.5. The lowest BCUT2D eigenvalue weighted by atomic mass is 10.1. The molecule has 3 heterocycles. The van der Waals surface area contributed by atoms with E-state index in [1.807, 2.05) is 19.3 Å². The standard InChI is InChI=1S/C16H15N7O2S/c1-23-8-10(7-20-23)9-4-12(15(17)19-6-9)16-21-13-3-2-11(26(18,24)25)5-14(13)22-16/h2-8H,1H3,(H2,17,19)(H,21,22)(H2,18,24,25). The highest BCUT2D eigenvalue weighted by Gasteiger charge is 2.14. The van der Waals surface area contributed by atoms with Gasteiger partial charge in [-0.05, 0) is 24.3 Å². The minimum Gasteiger partial charge on any atom is -0.383 e. The molecule has 0 spiro atoms. The number of nitrogens with one attached hydrogen (secondary N) is 1. The number of aryl methyl sites for hydroxylation is 1. The second kappa shape index (κ2) is 5.64. The van der Waals surface area contributed by atoms with Gasteiger partial charge in [0.05, 0.1) is 27.7 Å². The molecule has 10 heteroatoms. The third-order valence-corrected chi connectivity index (χ3v) is 4.91. The summed E-state index contributed by atoms with van der Waals surface area (Å²) in [5.74, 6) is 0.797. The third-order valence-electron chi connectivity index (χ3n) is 3.99. The van der Waals surface area contributed by atoms with Gasteiger partial charge in [-0.25, -0.2) is 23.5 Å². The normalized spacial score (nSPS) is 11.9. The third kappa shape index (κ3) is 2.80. The van der Waals surface area contributed by atoms with Crippen LogP contribution in [0.1, 0.15) is 0 Å². The number of benzene rings is 1. The number of aromatic nitrogens is 5. The molecule has 3 aromatic heterocycles. The molecule has 0 bridgehead atoms. The van der Waals surface area contributed by atoms with Crippen LogP contribution < -0.4 is 10.9 Å². The Morgan fingerprint density at radius 2 is 1.96 bits per heavy atom. The van der Waals surface area contributed by atoms with E-state index in [0.29, 0.717) is 28.2 Å². The molecule has 9 nitrogen and oxygen atoms in total. The number of nitrogens with zero attached hydrogens (tertiary/aromatic N) is 4. The summed E-state index contributed by atoms with van der Waals surface area (Å²) in [6, 6.07) is 6.31. The Morgan fingerprint density at radius 1 is 1.15 bits per heavy atom. The van der Waals surface area contributed by atoms with Gasteiger partial charge < -0.3 is 10.7 Å². The lowest BCUT2D eigenvalue weighted by molar-refractivity contribution is 0.598. The second-order valence-electron chi connectivity index (χ2n) is 5.87. The summed E-state index contributed by atoms with van der Waals surface area (Å²) in [6.45, 7) is 0. The number of hydrogen-bond donors (Lipinski definition) is 3. The van der Waals surface area contributed by atoms with Crippen LogP contribution in [-0.2, 0) is 17.1 Å². The van der Waals surface area contributed by atoms with Gasteiger partial charge in [-0.15, -0.1) is 0 Å². The molecule has 4 aromatic rings. The number of imidazole rings is 1. The topological polar surface area (TPSA) is 146 Å². The lowest BCUT2D eigenvalue weighted by Gasteiger charge is -2.04. The van der Waals surface area contributed by atoms with E-state index in [1.54, 1.807) is 23.1 Å². The van der Waals surface area contributed by atoms with Gasteiger partial charge in [0.15, 0.2) is 0 Å². The van der Waals surface area contributed by atoms with Gasteiger partial charge in [0.2, 0.25) is 10.0 Å². The van der Waals surface area contributed by atoms with E-state index in [2.05, 4.69) is 20.1 Å². The highest BCUT2D eigenvalue weighted by molar-refractivity contribution is 7.89. The Kier molecular flexibility index (Phi) is 3.53. The number of nitrogen functional groups attached to an aromatic ring is 1. The molecule has 0 radical (unpaired) electrons. The number of H-pyrrole nitrogens is 1. The minimum atomic E-state index is -3.80. The zero-order valence-corrected chi connectivity index (χ0v) is 14.5. The summed E-state index contributed by atoms with van der Waals surface area (Å²) in [6.07, 6.45) is 5.26. The van der Waals surface area contributed by atoms with Gasteiger partial charge in [-0.2, -0.15) is 5.10 Å². The average molecular weight is 369 g/mol. The summed E-state index contributed by atoms with van der Waals surface area (Å²) in [5.41, 5.74) is 9.50. The van der Waals surface area contributed by atoms with Crippen molar-refractivity contribution < 1.29 is 8.42 Å². The number of nitrogens with two attached hydrogens (primary N) is 2. The zero-order valence-electron chi connectivity index (χ0n) is 13.7. The van der Waals surface area contributed by atoms with Crippen molar-refractivity contribution >= 4 is 26.9 Å². The monoisotopic (exact) mass is 369 g/mol. The highest BCUT2D eigenvalue weighted by atomic mass is 32.2. The van der Waals surface area contributed by atoms with Crippen molar-refractivity contribution in [1.82, 2.24) is 24.7 Å². The smallest absolute Gasteiger partial charge is 0.238 e. The van der Waals surface area contributed by atoms with Crippen molar-refractivity contribution in [3.8, 4) is 22.5 Å². The van der Waals surface area contributed by atoms with Crippen molar-refractivity contribution in [2.75, 3.05) is 5.73 Å². The maximum Gasteiger partial charge on any atom is 0.238 e. The quantitative estimate of drug-likeness (QED) is 0.495. The Morgan fingerprint density at radius 3 is 2.65 bits per heavy atom. The lowest BCUT2D eigenvalue weighted by Crippen LogP contribution is -2.11. The van der Waals surface area contributed by atoms with Crippen LogP contribution in [0.4, 0.5) is 5.82 Å². The van der Waals surface area contributed by atoms with Crippen LogP contribution in [-0.4, -0.2) is 33.2 Å². The van der Waals surface area contributed by atoms with E-state index in [4.69, 9.17) is 10.9 Å². The first-order valence-electron chi connectivity index (χ1n) is 7.59. The van der Waals surface area contributed by atoms with Crippen molar-refractivity contribution in [2.45, 2.75) is 4.90 Å². The molecular formula is C16H15N7O2S. The molecule has 4 rings (SSSR count). The summed E-state index contributed by atoms with van der Waals surface area (Å²) in [7, 11) is -1.97. The highest BCUT2D eigenvalue weighted by Crippen LogP contribution is 2.29. The van der Waals surface area contributed by atoms with E-state index >= 15 is 0 Å². The number of fused-ring (bicyclic) bond motifs is 1. The first-order valence-corrected chi connectivity index (χ1v) is 9.13. The van der Waals surface area contributed by atoms with Crippen molar-refractivity contribution in [3.05, 3.63) is 42.9 Å². The Bertz CT molecular complexity index is 1240. The number of primary sulfonamides is 1. The van der Waals surface area contributed by atoms with Gasteiger partial charge in [0.1, 0.15) is 11.6 Å². The van der Waals surface area contributed by atoms with E-state index in [-0.39, 0.29) is 4.90 Å². The Balaban J connectivity index is 1.84. The molecule has 0 aliphatic carbocycles. The van der Waals surface area contributed by atoms with E-state index < -0.39 is 10.0 Å². The van der Waals surface area contributed by atoms with Crippen LogP contribution in [0.3, 0.4) is 0 Å². The fourth-order valence-corrected chi connectivity index (χ4v) is 3.22. The first kappa shape index (κ1) is 16.2. The van der Waals surface area contributed by atoms with Gasteiger partial charge in [0.25, 0.3) is 0 Å². The SMILES string of the molecule is Cn1cc(-c2cnc(N)c(-c3nc4cc(S(N)(=O)=O)ccc4[nH]3)c2)cn1. The van der Waals surface area contributed by atoms with Crippen molar-refractivity contribution in [2.24, 2.45) is 12.2 Å². The largest absolute Gasteiger partial charge is 0.383 e. The molecule has 0 atom stereocenters. The molecule has 26 heavy (non-hydrogen) atoms. The second-order valence-corrected chi connectivity index (χ2v) is 7.43. The summed E-state index contributed by atoms with van der Waals surface area (Å²) in [4.78, 5) is 11.8. The van der Waals surface area contributed by atoms with Crippen molar-refractivity contribution in [3.63, 3.8) is 0 Å². The van der Waals surface area contributed by atoms with Crippen LogP contribution in [0.2, 0.25) is 0 Å². The maximum atomic E-state index is 11.5. The predicted octanol–water partition coefficient (Wildman–Crippen LogP) is 1.25. The molecule has 0 fully saturated rings. The molecule has 5 N–H and O–H groups in total. The summed E-state index contributed by atoms with van der Waals surface area (Å²) >= 11 is 0. The van der Waals surface area contributed by atoms with Crippen LogP contribution >= 0.6 is 0 Å². The Labute approximate surface area is 148 Å². The molecule has 0 saturated heterocycles. The van der Waals surface area contributed by atoms with Gasteiger partial charge in [-0.1, -0.05) is 0 Å². The van der Waals surface area contributed by atoms with Gasteiger partial charge >= 0.3 is 0 Å². The number of hydrogen-bond acceptors (Lipinski definition) is 6. The number of rotatable bonds is 3.